The third-order valence-electron chi connectivity index (χ3n) is 2.12. The van der Waals surface area contributed by atoms with Gasteiger partial charge in [0.25, 0.3) is 0 Å². The molecule has 0 radical (unpaired) electrons. The van der Waals surface area contributed by atoms with Gasteiger partial charge in [0.2, 0.25) is 0 Å². The maximum Gasteiger partial charge on any atom is 0.141 e. The summed E-state index contributed by atoms with van der Waals surface area (Å²) in [5, 5.41) is 9.98. The number of hydrogen-bond acceptors (Lipinski definition) is 3. The first-order valence-electron chi connectivity index (χ1n) is 4.56. The second-order valence-electron chi connectivity index (χ2n) is 3.19. The molecule has 3 N–H and O–H groups in total. The van der Waals surface area contributed by atoms with Gasteiger partial charge in [-0.1, -0.05) is 0 Å². The van der Waals surface area contributed by atoms with Crippen molar-refractivity contribution in [2.45, 2.75) is 19.5 Å². The van der Waals surface area contributed by atoms with Crippen molar-refractivity contribution in [2.75, 3.05) is 0 Å². The summed E-state index contributed by atoms with van der Waals surface area (Å²) in [6.45, 7) is 2.87. The summed E-state index contributed by atoms with van der Waals surface area (Å²) >= 11 is 0. The van der Waals surface area contributed by atoms with E-state index >= 15 is 0 Å². The van der Waals surface area contributed by atoms with Crippen molar-refractivity contribution >= 4 is 0 Å². The summed E-state index contributed by atoms with van der Waals surface area (Å²) in [6, 6.07) is 2.23. The first-order valence-corrected chi connectivity index (χ1v) is 4.56. The third-order valence-corrected chi connectivity index (χ3v) is 2.12. The van der Waals surface area contributed by atoms with Gasteiger partial charge in [-0.3, -0.25) is 5.10 Å². The second-order valence-corrected chi connectivity index (χ2v) is 3.19. The minimum atomic E-state index is 0.187. The Morgan fingerprint density at radius 1 is 1.57 bits per heavy atom. The van der Waals surface area contributed by atoms with Gasteiger partial charge < -0.3 is 10.3 Å². The molecule has 74 valence electrons. The molecule has 0 saturated carbocycles. The van der Waals surface area contributed by atoms with Crippen molar-refractivity contribution in [1.29, 1.82) is 0 Å². The highest BCUT2D eigenvalue weighted by molar-refractivity contribution is 5.08. The van der Waals surface area contributed by atoms with Crippen molar-refractivity contribution in [3.63, 3.8) is 0 Å². The van der Waals surface area contributed by atoms with E-state index in [1.807, 2.05) is 25.4 Å². The lowest BCUT2D eigenvalue weighted by molar-refractivity contribution is 0.548. The molecule has 0 fully saturated rings. The van der Waals surface area contributed by atoms with E-state index in [1.165, 1.54) is 11.9 Å². The molecule has 14 heavy (non-hydrogen) atoms. The van der Waals surface area contributed by atoms with Crippen LogP contribution in [0.5, 0.6) is 0 Å². The monoisotopic (exact) mass is 191 g/mol. The molecule has 5 heteroatoms. The number of rotatable bonds is 4. The Morgan fingerprint density at radius 3 is 3.14 bits per heavy atom. The summed E-state index contributed by atoms with van der Waals surface area (Å²) in [7, 11) is 0. The van der Waals surface area contributed by atoms with Crippen LogP contribution in [-0.2, 0) is 6.54 Å². The molecule has 2 heterocycles. The van der Waals surface area contributed by atoms with Gasteiger partial charge >= 0.3 is 0 Å². The molecule has 0 spiro atoms. The molecule has 1 atom stereocenters. The minimum absolute atomic E-state index is 0.187. The van der Waals surface area contributed by atoms with E-state index in [2.05, 4.69) is 25.5 Å². The Bertz CT molecular complexity index is 350. The molecule has 2 aromatic heterocycles. The van der Waals surface area contributed by atoms with Crippen LogP contribution < -0.4 is 5.32 Å². The third kappa shape index (κ3) is 2.00. The first kappa shape index (κ1) is 8.96. The zero-order chi connectivity index (χ0) is 9.80. The SMILES string of the molecule is CC(NCc1cc[nH]c1)c1ncn[nH]1. The average molecular weight is 191 g/mol. The number of aromatic nitrogens is 4. The predicted octanol–water partition coefficient (Wildman–Crippen LogP) is 0.984. The quantitative estimate of drug-likeness (QED) is 0.674. The lowest BCUT2D eigenvalue weighted by atomic mass is 10.3. The molecule has 2 aromatic rings. The van der Waals surface area contributed by atoms with Crippen LogP contribution in [0.4, 0.5) is 0 Å². The number of nitrogens with one attached hydrogen (secondary N) is 3. The van der Waals surface area contributed by atoms with Crippen molar-refractivity contribution in [3.8, 4) is 0 Å². The fraction of sp³-hybridized carbons (Fsp3) is 0.333. The van der Waals surface area contributed by atoms with Crippen molar-refractivity contribution in [1.82, 2.24) is 25.5 Å². The van der Waals surface area contributed by atoms with Crippen LogP contribution in [0.2, 0.25) is 0 Å². The van der Waals surface area contributed by atoms with E-state index in [-0.39, 0.29) is 6.04 Å². The van der Waals surface area contributed by atoms with Gasteiger partial charge in [0.1, 0.15) is 12.2 Å². The molecular weight excluding hydrogens is 178 g/mol. The molecule has 0 aromatic carbocycles. The van der Waals surface area contributed by atoms with E-state index in [4.69, 9.17) is 0 Å². The summed E-state index contributed by atoms with van der Waals surface area (Å²) in [5.41, 5.74) is 1.23. The van der Waals surface area contributed by atoms with Crippen LogP contribution in [0.1, 0.15) is 24.4 Å². The lowest BCUT2D eigenvalue weighted by Crippen LogP contribution is -2.18. The topological polar surface area (TPSA) is 69.4 Å². The predicted molar refractivity (Wildman–Crippen MR) is 52.4 cm³/mol. The van der Waals surface area contributed by atoms with Crippen LogP contribution in [-0.4, -0.2) is 20.2 Å². The van der Waals surface area contributed by atoms with Gasteiger partial charge in [-0.25, -0.2) is 4.98 Å². The molecular formula is C9H13N5. The van der Waals surface area contributed by atoms with Crippen LogP contribution >= 0.6 is 0 Å². The zero-order valence-corrected chi connectivity index (χ0v) is 7.99. The highest BCUT2D eigenvalue weighted by Crippen LogP contribution is 2.05. The first-order chi connectivity index (χ1) is 6.86. The Kier molecular flexibility index (Phi) is 2.60. The number of nitrogens with zero attached hydrogens (tertiary/aromatic N) is 2. The lowest BCUT2D eigenvalue weighted by Gasteiger charge is -2.09. The summed E-state index contributed by atoms with van der Waals surface area (Å²) in [6.07, 6.45) is 5.40. The standard InChI is InChI=1S/C9H13N5/c1-7(9-12-6-13-14-9)11-5-8-2-3-10-4-8/h2-4,6-7,10-11H,5H2,1H3,(H,12,13,14). The van der Waals surface area contributed by atoms with E-state index < -0.39 is 0 Å². The highest BCUT2D eigenvalue weighted by Gasteiger charge is 2.06. The second kappa shape index (κ2) is 4.06. The van der Waals surface area contributed by atoms with Gasteiger partial charge in [0.05, 0.1) is 6.04 Å². The molecule has 0 aliphatic rings. The summed E-state index contributed by atoms with van der Waals surface area (Å²) in [4.78, 5) is 7.09. The molecule has 0 saturated heterocycles. The fourth-order valence-corrected chi connectivity index (χ4v) is 1.26. The van der Waals surface area contributed by atoms with Crippen LogP contribution in [0, 0.1) is 0 Å². The smallest absolute Gasteiger partial charge is 0.141 e. The van der Waals surface area contributed by atoms with Crippen LogP contribution in [0.3, 0.4) is 0 Å². The molecule has 0 bridgehead atoms. The van der Waals surface area contributed by atoms with Gasteiger partial charge in [0, 0.05) is 18.9 Å². The molecule has 0 amide bonds. The molecule has 0 aliphatic heterocycles. The van der Waals surface area contributed by atoms with E-state index in [1.54, 1.807) is 0 Å². The normalized spacial score (nSPS) is 12.9. The zero-order valence-electron chi connectivity index (χ0n) is 7.99. The van der Waals surface area contributed by atoms with Gasteiger partial charge in [-0.15, -0.1) is 0 Å². The summed E-state index contributed by atoms with van der Waals surface area (Å²) < 4.78 is 0. The Hall–Kier alpha value is -1.62. The van der Waals surface area contributed by atoms with E-state index in [0.29, 0.717) is 0 Å². The minimum Gasteiger partial charge on any atom is -0.367 e. The maximum atomic E-state index is 4.08. The number of H-pyrrole nitrogens is 2. The van der Waals surface area contributed by atoms with Crippen LogP contribution in [0.25, 0.3) is 0 Å². The van der Waals surface area contributed by atoms with Crippen LogP contribution in [0.15, 0.2) is 24.8 Å². The largest absolute Gasteiger partial charge is 0.367 e. The van der Waals surface area contributed by atoms with E-state index in [0.717, 1.165) is 12.4 Å². The average Bonchev–Trinajstić information content (AvgIpc) is 2.87. The van der Waals surface area contributed by atoms with Crippen molar-refractivity contribution in [2.24, 2.45) is 0 Å². The molecule has 1 unspecified atom stereocenters. The fourth-order valence-electron chi connectivity index (χ4n) is 1.26. The summed E-state index contributed by atoms with van der Waals surface area (Å²) in [5.74, 6) is 0.862. The number of hydrogen-bond donors (Lipinski definition) is 3. The van der Waals surface area contributed by atoms with Gasteiger partial charge in [0.15, 0.2) is 0 Å². The molecule has 5 nitrogen and oxygen atoms in total. The Balaban J connectivity index is 1.87. The number of aromatic amines is 2. The van der Waals surface area contributed by atoms with Crippen molar-refractivity contribution in [3.05, 3.63) is 36.2 Å². The highest BCUT2D eigenvalue weighted by atomic mass is 15.2. The molecule has 2 rings (SSSR count). The molecule has 0 aliphatic carbocycles. The van der Waals surface area contributed by atoms with Crippen molar-refractivity contribution < 1.29 is 0 Å². The van der Waals surface area contributed by atoms with Gasteiger partial charge in [-0.05, 0) is 18.6 Å². The Morgan fingerprint density at radius 2 is 2.50 bits per heavy atom. The van der Waals surface area contributed by atoms with Gasteiger partial charge in [-0.2, -0.15) is 5.10 Å². The Labute approximate surface area is 82.0 Å². The maximum absolute atomic E-state index is 4.08. The van der Waals surface area contributed by atoms with E-state index in [9.17, 15) is 0 Å².